The number of carbonyl (C=O) groups is 1. The van der Waals surface area contributed by atoms with Gasteiger partial charge in [-0.2, -0.15) is 0 Å². The van der Waals surface area contributed by atoms with Gasteiger partial charge in [-0.3, -0.25) is 4.79 Å². The average Bonchev–Trinajstić information content (AvgIpc) is 3.08. The molecule has 2 aromatic rings. The number of anilines is 1. The highest BCUT2D eigenvalue weighted by atomic mass is 79.9. The quantitative estimate of drug-likeness (QED) is 0.819. The minimum atomic E-state index is 0.125. The first-order valence-corrected chi connectivity index (χ1v) is 9.98. The zero-order valence-corrected chi connectivity index (χ0v) is 16.2. The number of carbonyl (C=O) groups excluding carboxylic acids is 1. The smallest absolute Gasteiger partial charge is 0.223 e. The molecule has 1 N–H and O–H groups in total. The fourth-order valence-corrected chi connectivity index (χ4v) is 4.28. The lowest BCUT2D eigenvalue weighted by Gasteiger charge is -2.33. The van der Waals surface area contributed by atoms with Crippen molar-refractivity contribution in [3.8, 4) is 0 Å². The fraction of sp³-hybridized carbons (Fsp3) is 0.444. The van der Waals surface area contributed by atoms with E-state index >= 15 is 0 Å². The van der Waals surface area contributed by atoms with E-state index in [-0.39, 0.29) is 11.8 Å². The molecule has 0 bridgehead atoms. The van der Waals surface area contributed by atoms with Crippen molar-refractivity contribution in [2.75, 3.05) is 24.5 Å². The van der Waals surface area contributed by atoms with E-state index in [0.29, 0.717) is 0 Å². The molecule has 0 atom stereocenters. The Balaban J connectivity index is 1.46. The lowest BCUT2D eigenvalue weighted by Crippen LogP contribution is -2.41. The van der Waals surface area contributed by atoms with E-state index < -0.39 is 0 Å². The third kappa shape index (κ3) is 4.36. The summed E-state index contributed by atoms with van der Waals surface area (Å²) >= 11 is 5.20. The Morgan fingerprint density at radius 2 is 2.25 bits per heavy atom. The number of hydrogen-bond acceptors (Lipinski definition) is 4. The lowest BCUT2D eigenvalue weighted by molar-refractivity contribution is -0.125. The summed E-state index contributed by atoms with van der Waals surface area (Å²) in [5, 5.41) is 5.17. The number of nitrogens with one attached hydrogen (secondary N) is 1. The van der Waals surface area contributed by atoms with E-state index in [0.717, 1.165) is 49.2 Å². The summed E-state index contributed by atoms with van der Waals surface area (Å²) in [6, 6.07) is 6.25. The van der Waals surface area contributed by atoms with Crippen LogP contribution in [0.4, 0.5) is 5.82 Å². The Morgan fingerprint density at radius 1 is 1.46 bits per heavy atom. The van der Waals surface area contributed by atoms with Gasteiger partial charge in [0.2, 0.25) is 5.91 Å². The number of thiophene rings is 1. The number of nitrogens with zero attached hydrogens (tertiary/aromatic N) is 2. The van der Waals surface area contributed by atoms with E-state index in [1.165, 1.54) is 10.4 Å². The number of aromatic nitrogens is 1. The largest absolute Gasteiger partial charge is 0.356 e. The molecule has 24 heavy (non-hydrogen) atoms. The molecule has 1 aliphatic heterocycles. The molecule has 128 valence electrons. The van der Waals surface area contributed by atoms with Crippen LogP contribution in [0.25, 0.3) is 0 Å². The summed E-state index contributed by atoms with van der Waals surface area (Å²) in [5.74, 6) is 1.36. The van der Waals surface area contributed by atoms with Crippen molar-refractivity contribution < 1.29 is 4.79 Å². The van der Waals surface area contributed by atoms with Crippen LogP contribution in [0.3, 0.4) is 0 Å². The molecule has 1 fully saturated rings. The number of rotatable bonds is 5. The maximum atomic E-state index is 12.3. The molecule has 0 saturated carbocycles. The molecule has 1 amide bonds. The maximum absolute atomic E-state index is 12.3. The maximum Gasteiger partial charge on any atom is 0.223 e. The van der Waals surface area contributed by atoms with Gasteiger partial charge in [0.05, 0.1) is 0 Å². The highest BCUT2D eigenvalue weighted by Gasteiger charge is 2.26. The van der Waals surface area contributed by atoms with E-state index in [2.05, 4.69) is 61.6 Å². The molecule has 3 heterocycles. The molecule has 4 nitrogen and oxygen atoms in total. The van der Waals surface area contributed by atoms with Gasteiger partial charge in [-0.05, 0) is 65.2 Å². The zero-order chi connectivity index (χ0) is 16.9. The second kappa shape index (κ2) is 8.12. The fourth-order valence-electron chi connectivity index (χ4n) is 3.13. The first-order chi connectivity index (χ1) is 11.6. The van der Waals surface area contributed by atoms with E-state index in [9.17, 15) is 4.79 Å². The van der Waals surface area contributed by atoms with Gasteiger partial charge in [-0.25, -0.2) is 4.98 Å². The van der Waals surface area contributed by atoms with Crippen LogP contribution in [0.1, 0.15) is 23.3 Å². The van der Waals surface area contributed by atoms with Crippen molar-refractivity contribution in [2.24, 2.45) is 5.92 Å². The summed E-state index contributed by atoms with van der Waals surface area (Å²) < 4.78 is 1.00. The number of aryl methyl sites for hydroxylation is 1. The Hall–Kier alpha value is -1.40. The van der Waals surface area contributed by atoms with Crippen LogP contribution in [0.15, 0.2) is 34.2 Å². The van der Waals surface area contributed by atoms with Crippen LogP contribution in [0.5, 0.6) is 0 Å². The second-order valence-electron chi connectivity index (χ2n) is 6.18. The first-order valence-electron chi connectivity index (χ1n) is 8.30. The Morgan fingerprint density at radius 3 is 2.92 bits per heavy atom. The van der Waals surface area contributed by atoms with Crippen molar-refractivity contribution in [1.82, 2.24) is 10.3 Å². The number of pyridine rings is 1. The number of hydrogen-bond donors (Lipinski definition) is 1. The van der Waals surface area contributed by atoms with Crippen LogP contribution in [0, 0.1) is 12.8 Å². The minimum Gasteiger partial charge on any atom is -0.356 e. The molecule has 0 aliphatic carbocycles. The highest BCUT2D eigenvalue weighted by Crippen LogP contribution is 2.26. The molecule has 0 radical (unpaired) electrons. The van der Waals surface area contributed by atoms with Crippen LogP contribution in [-0.2, 0) is 11.2 Å². The predicted molar refractivity (Wildman–Crippen MR) is 103 cm³/mol. The average molecular weight is 408 g/mol. The standard InChI is InChI=1S/C18H22BrN3OS/c1-13-11-15(19)12-21-17(13)22-8-5-14(6-9-22)18(23)20-7-4-16-3-2-10-24-16/h2-3,10-12,14H,4-9H2,1H3,(H,20,23). The molecule has 1 aliphatic rings. The van der Waals surface area contributed by atoms with Crippen LogP contribution in [0.2, 0.25) is 0 Å². The topological polar surface area (TPSA) is 45.2 Å². The third-order valence-corrected chi connectivity index (χ3v) is 5.80. The number of amides is 1. The molecular formula is C18H22BrN3OS. The zero-order valence-electron chi connectivity index (χ0n) is 13.8. The van der Waals surface area contributed by atoms with Crippen LogP contribution >= 0.6 is 27.3 Å². The summed E-state index contributed by atoms with van der Waals surface area (Å²) in [6.45, 7) is 4.58. The van der Waals surface area contributed by atoms with Crippen molar-refractivity contribution in [3.05, 3.63) is 44.7 Å². The Bertz CT molecular complexity index is 682. The van der Waals surface area contributed by atoms with Gasteiger partial charge < -0.3 is 10.2 Å². The molecule has 1 saturated heterocycles. The minimum absolute atomic E-state index is 0.125. The van der Waals surface area contributed by atoms with Gasteiger partial charge in [-0.1, -0.05) is 6.07 Å². The molecule has 3 rings (SSSR count). The molecule has 0 unspecified atom stereocenters. The molecule has 0 aromatic carbocycles. The second-order valence-corrected chi connectivity index (χ2v) is 8.12. The van der Waals surface area contributed by atoms with Gasteiger partial charge in [-0.15, -0.1) is 11.3 Å². The number of piperidine rings is 1. The van der Waals surface area contributed by atoms with Crippen molar-refractivity contribution in [2.45, 2.75) is 26.2 Å². The number of halogens is 1. The van der Waals surface area contributed by atoms with E-state index in [1.807, 2.05) is 6.20 Å². The highest BCUT2D eigenvalue weighted by molar-refractivity contribution is 9.10. The summed E-state index contributed by atoms with van der Waals surface area (Å²) in [6.07, 6.45) is 4.54. The SMILES string of the molecule is Cc1cc(Br)cnc1N1CCC(C(=O)NCCc2cccs2)CC1. The molecular weight excluding hydrogens is 386 g/mol. The van der Waals surface area contributed by atoms with Gasteiger partial charge in [0.25, 0.3) is 0 Å². The van der Waals surface area contributed by atoms with Crippen molar-refractivity contribution in [1.29, 1.82) is 0 Å². The summed E-state index contributed by atoms with van der Waals surface area (Å²) in [7, 11) is 0. The van der Waals surface area contributed by atoms with E-state index in [4.69, 9.17) is 0 Å². The third-order valence-electron chi connectivity index (χ3n) is 4.43. The summed E-state index contributed by atoms with van der Waals surface area (Å²) in [4.78, 5) is 20.5. The van der Waals surface area contributed by atoms with Gasteiger partial charge in [0.15, 0.2) is 0 Å². The van der Waals surface area contributed by atoms with Crippen LogP contribution < -0.4 is 10.2 Å². The van der Waals surface area contributed by atoms with Gasteiger partial charge in [0.1, 0.15) is 5.82 Å². The van der Waals surface area contributed by atoms with Crippen molar-refractivity contribution >= 4 is 39.0 Å². The lowest BCUT2D eigenvalue weighted by atomic mass is 9.95. The Labute approximate surface area is 155 Å². The summed E-state index contributed by atoms with van der Waals surface area (Å²) in [5.41, 5.74) is 1.17. The van der Waals surface area contributed by atoms with E-state index in [1.54, 1.807) is 11.3 Å². The Kier molecular flexibility index (Phi) is 5.89. The monoisotopic (exact) mass is 407 g/mol. The molecule has 0 spiro atoms. The molecule has 6 heteroatoms. The predicted octanol–water partition coefficient (Wildman–Crippen LogP) is 3.79. The first kappa shape index (κ1) is 17.4. The molecule has 2 aromatic heterocycles. The van der Waals surface area contributed by atoms with Crippen molar-refractivity contribution in [3.63, 3.8) is 0 Å². The van der Waals surface area contributed by atoms with Gasteiger partial charge in [0, 0.05) is 41.1 Å². The van der Waals surface area contributed by atoms with Gasteiger partial charge >= 0.3 is 0 Å². The van der Waals surface area contributed by atoms with Crippen LogP contribution in [-0.4, -0.2) is 30.5 Å². The normalized spacial score (nSPS) is 15.5.